The maximum absolute atomic E-state index is 2.47. The first kappa shape index (κ1) is 25.2. The van der Waals surface area contributed by atoms with Crippen molar-refractivity contribution in [2.24, 2.45) is 0 Å². The zero-order chi connectivity index (χ0) is 30.2. The van der Waals surface area contributed by atoms with Gasteiger partial charge in [0.25, 0.3) is 0 Å². The Hall–Kier alpha value is -6.12. The van der Waals surface area contributed by atoms with Gasteiger partial charge in [-0.2, -0.15) is 0 Å². The van der Waals surface area contributed by atoms with Crippen LogP contribution in [0, 0.1) is 0 Å². The van der Waals surface area contributed by atoms with Crippen molar-refractivity contribution < 1.29 is 0 Å². The number of rotatable bonds is 3. The highest BCUT2D eigenvalue weighted by atomic mass is 15.0. The van der Waals surface area contributed by atoms with Crippen LogP contribution in [0.4, 0.5) is 0 Å². The average molecular weight is 585 g/mol. The summed E-state index contributed by atoms with van der Waals surface area (Å²) in [7, 11) is 0. The number of nitrogens with zero attached hydrogens (tertiary/aromatic N) is 2. The van der Waals surface area contributed by atoms with Crippen molar-refractivity contribution in [3.63, 3.8) is 0 Å². The van der Waals surface area contributed by atoms with Gasteiger partial charge in [-0.1, -0.05) is 121 Å². The van der Waals surface area contributed by atoms with Crippen molar-refractivity contribution in [1.29, 1.82) is 0 Å². The molecule has 10 rings (SSSR count). The smallest absolute Gasteiger partial charge is 0.0641 e. The minimum Gasteiger partial charge on any atom is -0.309 e. The maximum atomic E-state index is 2.47. The Morgan fingerprint density at radius 3 is 1.63 bits per heavy atom. The summed E-state index contributed by atoms with van der Waals surface area (Å²) in [4.78, 5) is 0. The summed E-state index contributed by atoms with van der Waals surface area (Å²) >= 11 is 0. The lowest BCUT2D eigenvalue weighted by Crippen LogP contribution is -1.95. The van der Waals surface area contributed by atoms with Gasteiger partial charge < -0.3 is 9.13 Å². The topological polar surface area (TPSA) is 9.86 Å². The van der Waals surface area contributed by atoms with Gasteiger partial charge in [0.1, 0.15) is 0 Å². The molecule has 0 aliphatic carbocycles. The maximum Gasteiger partial charge on any atom is 0.0641 e. The molecule has 0 radical (unpaired) electrons. The van der Waals surface area contributed by atoms with E-state index in [9.17, 15) is 0 Å². The highest BCUT2D eigenvalue weighted by molar-refractivity contribution is 6.26. The van der Waals surface area contributed by atoms with E-state index in [0.717, 1.165) is 5.69 Å². The normalized spacial score (nSPS) is 11.9. The third kappa shape index (κ3) is 3.65. The SMILES string of the molecule is c1ccc2cc(-c3ccc(-n4c5ccccc5c5c4ccc4c6ccccc6n(-c6ccc7ccccc7c6)c45)cc3)ccc2c1. The first-order valence-electron chi connectivity index (χ1n) is 15.9. The number of hydrogen-bond acceptors (Lipinski definition) is 0. The van der Waals surface area contributed by atoms with Crippen LogP contribution in [-0.2, 0) is 0 Å². The van der Waals surface area contributed by atoms with Crippen LogP contribution in [0.5, 0.6) is 0 Å². The summed E-state index contributed by atoms with van der Waals surface area (Å²) < 4.78 is 4.90. The van der Waals surface area contributed by atoms with E-state index < -0.39 is 0 Å². The molecule has 0 N–H and O–H groups in total. The van der Waals surface area contributed by atoms with Crippen molar-refractivity contribution in [2.75, 3.05) is 0 Å². The Bertz CT molecular complexity index is 2790. The first-order valence-corrected chi connectivity index (χ1v) is 15.9. The fraction of sp³-hybridized carbons (Fsp3) is 0. The van der Waals surface area contributed by atoms with Gasteiger partial charge in [0.05, 0.1) is 22.1 Å². The van der Waals surface area contributed by atoms with Crippen LogP contribution >= 0.6 is 0 Å². The summed E-state index contributed by atoms with van der Waals surface area (Å²) in [5.41, 5.74) is 9.66. The molecular weight excluding hydrogens is 556 g/mol. The van der Waals surface area contributed by atoms with E-state index in [1.54, 1.807) is 0 Å². The second-order valence-corrected chi connectivity index (χ2v) is 12.2. The summed E-state index contributed by atoms with van der Waals surface area (Å²) in [6.07, 6.45) is 0. The van der Waals surface area contributed by atoms with Crippen LogP contribution < -0.4 is 0 Å². The van der Waals surface area contributed by atoms with E-state index >= 15 is 0 Å². The van der Waals surface area contributed by atoms with Crippen molar-refractivity contribution in [3.05, 3.63) is 170 Å². The minimum atomic E-state index is 1.16. The number of fused-ring (bicyclic) bond motifs is 9. The summed E-state index contributed by atoms with van der Waals surface area (Å²) in [6.45, 7) is 0. The summed E-state index contributed by atoms with van der Waals surface area (Å²) in [5.74, 6) is 0. The second-order valence-electron chi connectivity index (χ2n) is 12.2. The van der Waals surface area contributed by atoms with Crippen molar-refractivity contribution >= 4 is 65.2 Å². The molecule has 0 unspecified atom stereocenters. The molecule has 2 nitrogen and oxygen atoms in total. The van der Waals surface area contributed by atoms with Gasteiger partial charge in [-0.3, -0.25) is 0 Å². The number of hydrogen-bond donors (Lipinski definition) is 0. The van der Waals surface area contributed by atoms with E-state index in [1.165, 1.54) is 82.0 Å². The van der Waals surface area contributed by atoms with E-state index in [1.807, 2.05) is 0 Å². The molecule has 0 saturated carbocycles. The summed E-state index contributed by atoms with van der Waals surface area (Å²) in [5, 5.41) is 10.1. The molecule has 2 heteroatoms. The van der Waals surface area contributed by atoms with Gasteiger partial charge in [-0.25, -0.2) is 0 Å². The number of aromatic nitrogens is 2. The largest absolute Gasteiger partial charge is 0.309 e. The van der Waals surface area contributed by atoms with Crippen molar-refractivity contribution in [1.82, 2.24) is 9.13 Å². The Morgan fingerprint density at radius 2 is 0.870 bits per heavy atom. The fourth-order valence-corrected chi connectivity index (χ4v) is 7.54. The Labute approximate surface area is 266 Å². The van der Waals surface area contributed by atoms with Crippen molar-refractivity contribution in [3.8, 4) is 22.5 Å². The zero-order valence-electron chi connectivity index (χ0n) is 25.1. The molecule has 0 aliphatic heterocycles. The molecule has 46 heavy (non-hydrogen) atoms. The van der Waals surface area contributed by atoms with Gasteiger partial charge in [-0.15, -0.1) is 0 Å². The van der Waals surface area contributed by atoms with Crippen molar-refractivity contribution in [2.45, 2.75) is 0 Å². The van der Waals surface area contributed by atoms with Gasteiger partial charge in [0.2, 0.25) is 0 Å². The average Bonchev–Trinajstić information content (AvgIpc) is 3.64. The minimum absolute atomic E-state index is 1.16. The third-order valence-corrected chi connectivity index (χ3v) is 9.67. The van der Waals surface area contributed by atoms with E-state index in [2.05, 4.69) is 179 Å². The lowest BCUT2D eigenvalue weighted by Gasteiger charge is -2.11. The van der Waals surface area contributed by atoms with Crippen LogP contribution in [0.3, 0.4) is 0 Å². The standard InChI is InChI=1S/C44H28N2/c1-3-11-32-27-34(18-17-29(32)9-1)31-19-22-35(23-20-31)45-41-16-8-6-14-39(41)43-42(45)26-25-38-37-13-5-7-15-40(37)46(44(38)43)36-24-21-30-10-2-4-12-33(30)28-36/h1-28H. The molecule has 10 aromatic rings. The van der Waals surface area contributed by atoms with Crippen LogP contribution in [0.1, 0.15) is 0 Å². The van der Waals surface area contributed by atoms with Gasteiger partial charge in [0, 0.05) is 32.9 Å². The quantitative estimate of drug-likeness (QED) is 0.195. The second kappa shape index (κ2) is 9.69. The molecule has 214 valence electrons. The molecule has 2 heterocycles. The number of para-hydroxylation sites is 2. The monoisotopic (exact) mass is 584 g/mol. The third-order valence-electron chi connectivity index (χ3n) is 9.67. The van der Waals surface area contributed by atoms with Crippen LogP contribution in [0.15, 0.2) is 170 Å². The number of benzene rings is 8. The first-order chi connectivity index (χ1) is 22.8. The molecule has 0 fully saturated rings. The van der Waals surface area contributed by atoms with Crippen LogP contribution in [0.2, 0.25) is 0 Å². The highest BCUT2D eigenvalue weighted by Gasteiger charge is 2.20. The van der Waals surface area contributed by atoms with Gasteiger partial charge in [-0.05, 0) is 81.2 Å². The molecular formula is C44H28N2. The van der Waals surface area contributed by atoms with Crippen LogP contribution in [-0.4, -0.2) is 9.13 Å². The zero-order valence-corrected chi connectivity index (χ0v) is 25.1. The molecule has 0 aliphatic rings. The lowest BCUT2D eigenvalue weighted by molar-refractivity contribution is 1.18. The fourth-order valence-electron chi connectivity index (χ4n) is 7.54. The van der Waals surface area contributed by atoms with E-state index in [0.29, 0.717) is 0 Å². The van der Waals surface area contributed by atoms with Crippen LogP contribution in [0.25, 0.3) is 87.7 Å². The molecule has 0 spiro atoms. The summed E-state index contributed by atoms with van der Waals surface area (Å²) in [6, 6.07) is 62.0. The molecule has 0 bridgehead atoms. The Kier molecular flexibility index (Phi) is 5.31. The highest BCUT2D eigenvalue weighted by Crippen LogP contribution is 2.42. The Balaban J connectivity index is 1.24. The molecule has 0 saturated heterocycles. The predicted octanol–water partition coefficient (Wildman–Crippen LogP) is 11.9. The van der Waals surface area contributed by atoms with Gasteiger partial charge >= 0.3 is 0 Å². The lowest BCUT2D eigenvalue weighted by atomic mass is 10.0. The predicted molar refractivity (Wildman–Crippen MR) is 196 cm³/mol. The van der Waals surface area contributed by atoms with E-state index in [4.69, 9.17) is 0 Å². The molecule has 2 aromatic heterocycles. The molecule has 0 atom stereocenters. The molecule has 8 aromatic carbocycles. The van der Waals surface area contributed by atoms with Gasteiger partial charge in [0.15, 0.2) is 0 Å². The molecule has 0 amide bonds. The Morgan fingerprint density at radius 1 is 0.304 bits per heavy atom. The van der Waals surface area contributed by atoms with E-state index in [-0.39, 0.29) is 0 Å².